The van der Waals surface area contributed by atoms with E-state index in [-0.39, 0.29) is 11.6 Å². The van der Waals surface area contributed by atoms with Gasteiger partial charge in [-0.2, -0.15) is 0 Å². The highest BCUT2D eigenvalue weighted by Crippen LogP contribution is 2.31. The average Bonchev–Trinajstić information content (AvgIpc) is 2.38. The Morgan fingerprint density at radius 1 is 1.60 bits per heavy atom. The molecule has 0 aromatic rings. The number of carbonyl (C=O) groups is 1. The molecule has 1 atom stereocenters. The first-order valence-corrected chi connectivity index (χ1v) is 5.46. The number of nitrogens with one attached hydrogen (secondary N) is 2. The van der Waals surface area contributed by atoms with Crippen LogP contribution in [0.15, 0.2) is 0 Å². The number of urea groups is 1. The molecule has 5 heteroatoms. The van der Waals surface area contributed by atoms with Gasteiger partial charge in [0.05, 0.1) is 0 Å². The van der Waals surface area contributed by atoms with Crippen LogP contribution in [0.2, 0.25) is 0 Å². The van der Waals surface area contributed by atoms with Gasteiger partial charge in [-0.25, -0.2) is 4.79 Å². The van der Waals surface area contributed by atoms with E-state index in [1.807, 2.05) is 14.0 Å². The first kappa shape index (κ1) is 10.4. The molecule has 84 valence electrons. The van der Waals surface area contributed by atoms with E-state index in [2.05, 4.69) is 10.2 Å². The predicted molar refractivity (Wildman–Crippen MR) is 58.1 cm³/mol. The minimum absolute atomic E-state index is 0.113. The number of likely N-dealkylation sites (tertiary alicyclic amines) is 1. The minimum atomic E-state index is -0.376. The van der Waals surface area contributed by atoms with Gasteiger partial charge in [0.25, 0.3) is 0 Å². The first-order chi connectivity index (χ1) is 7.10. The van der Waals surface area contributed by atoms with E-state index in [1.165, 1.54) is 0 Å². The molecule has 2 amide bonds. The number of rotatable bonds is 1. The van der Waals surface area contributed by atoms with E-state index in [4.69, 9.17) is 5.41 Å². The first-order valence-electron chi connectivity index (χ1n) is 5.46. The minimum Gasteiger partial charge on any atom is -0.311 e. The second-order valence-electron chi connectivity index (χ2n) is 4.42. The molecule has 2 rings (SSSR count). The number of carbonyl (C=O) groups excluding carboxylic acids is 1. The summed E-state index contributed by atoms with van der Waals surface area (Å²) in [5.41, 5.74) is -0.376. The van der Waals surface area contributed by atoms with E-state index in [9.17, 15) is 4.79 Å². The number of piperidine rings is 1. The van der Waals surface area contributed by atoms with E-state index >= 15 is 0 Å². The zero-order valence-corrected chi connectivity index (χ0v) is 9.34. The molecule has 0 radical (unpaired) electrons. The lowest BCUT2D eigenvalue weighted by Crippen LogP contribution is -2.58. The summed E-state index contributed by atoms with van der Waals surface area (Å²) in [6.45, 7) is 4.47. The Hall–Kier alpha value is -1.10. The second kappa shape index (κ2) is 3.48. The van der Waals surface area contributed by atoms with Crippen molar-refractivity contribution in [2.24, 2.45) is 0 Å². The van der Waals surface area contributed by atoms with Gasteiger partial charge in [-0.1, -0.05) is 0 Å². The summed E-state index contributed by atoms with van der Waals surface area (Å²) < 4.78 is 0. The van der Waals surface area contributed by atoms with Crippen molar-refractivity contribution < 1.29 is 4.79 Å². The maximum Gasteiger partial charge on any atom is 0.323 e. The summed E-state index contributed by atoms with van der Waals surface area (Å²) in [5.74, 6) is 0.376. The standard InChI is InChI=1S/C10H18N4O/c1-3-14-9(15)12-8(11)10(14)5-4-6-13(2)7-10/h3-7H2,1-2H3,(H2,11,12,15). The summed E-state index contributed by atoms with van der Waals surface area (Å²) in [6.07, 6.45) is 1.95. The molecule has 2 heterocycles. The van der Waals surface area contributed by atoms with Gasteiger partial charge in [-0.15, -0.1) is 0 Å². The van der Waals surface area contributed by atoms with Crippen LogP contribution < -0.4 is 5.32 Å². The molecule has 15 heavy (non-hydrogen) atoms. The van der Waals surface area contributed by atoms with Crippen LogP contribution in [0.5, 0.6) is 0 Å². The lowest BCUT2D eigenvalue weighted by molar-refractivity contribution is 0.110. The van der Waals surface area contributed by atoms with Crippen molar-refractivity contribution in [3.8, 4) is 0 Å². The third-order valence-corrected chi connectivity index (χ3v) is 3.44. The highest BCUT2D eigenvalue weighted by atomic mass is 16.2. The van der Waals surface area contributed by atoms with E-state index in [0.29, 0.717) is 12.4 Å². The van der Waals surface area contributed by atoms with Gasteiger partial charge in [-0.05, 0) is 33.4 Å². The topological polar surface area (TPSA) is 59.4 Å². The van der Waals surface area contributed by atoms with Gasteiger partial charge in [0.2, 0.25) is 0 Å². The Morgan fingerprint density at radius 3 is 2.93 bits per heavy atom. The Morgan fingerprint density at radius 2 is 2.33 bits per heavy atom. The van der Waals surface area contributed by atoms with Crippen LogP contribution in [0, 0.1) is 5.41 Å². The molecule has 5 nitrogen and oxygen atoms in total. The van der Waals surface area contributed by atoms with Crippen molar-refractivity contribution in [3.63, 3.8) is 0 Å². The zero-order valence-electron chi connectivity index (χ0n) is 9.34. The molecule has 2 aliphatic heterocycles. The summed E-state index contributed by atoms with van der Waals surface area (Å²) in [7, 11) is 2.05. The zero-order chi connectivity index (χ0) is 11.1. The molecule has 1 spiro atoms. The highest BCUT2D eigenvalue weighted by molar-refractivity contribution is 6.08. The van der Waals surface area contributed by atoms with Gasteiger partial charge < -0.3 is 9.80 Å². The molecule has 0 aromatic heterocycles. The van der Waals surface area contributed by atoms with Gasteiger partial charge in [0.1, 0.15) is 11.4 Å². The molecule has 0 aromatic carbocycles. The van der Waals surface area contributed by atoms with Gasteiger partial charge >= 0.3 is 6.03 Å². The number of likely N-dealkylation sites (N-methyl/N-ethyl adjacent to an activating group) is 2. The van der Waals surface area contributed by atoms with Gasteiger partial charge in [-0.3, -0.25) is 10.7 Å². The maximum atomic E-state index is 11.7. The SMILES string of the molecule is CCN1C(=O)NC(=N)C12CCCN(C)C2. The van der Waals surface area contributed by atoms with Crippen LogP contribution in [-0.4, -0.2) is 53.9 Å². The largest absolute Gasteiger partial charge is 0.323 e. The lowest BCUT2D eigenvalue weighted by Gasteiger charge is -2.42. The Balaban J connectivity index is 2.30. The van der Waals surface area contributed by atoms with Crippen molar-refractivity contribution in [2.75, 3.05) is 26.7 Å². The third kappa shape index (κ3) is 1.42. The fourth-order valence-electron chi connectivity index (χ4n) is 2.74. The van der Waals surface area contributed by atoms with Crippen LogP contribution >= 0.6 is 0 Å². The average molecular weight is 210 g/mol. The maximum absolute atomic E-state index is 11.7. The van der Waals surface area contributed by atoms with Gasteiger partial charge in [0, 0.05) is 13.1 Å². The lowest BCUT2D eigenvalue weighted by atomic mass is 9.87. The monoisotopic (exact) mass is 210 g/mol. The number of amides is 2. The molecule has 0 bridgehead atoms. The normalized spacial score (nSPS) is 32.5. The van der Waals surface area contributed by atoms with E-state index < -0.39 is 0 Å². The van der Waals surface area contributed by atoms with Gasteiger partial charge in [0.15, 0.2) is 0 Å². The fraction of sp³-hybridized carbons (Fsp3) is 0.800. The second-order valence-corrected chi connectivity index (χ2v) is 4.42. The van der Waals surface area contributed by atoms with Crippen molar-refractivity contribution in [1.29, 1.82) is 5.41 Å². The predicted octanol–water partition coefficient (Wildman–Crippen LogP) is 0.473. The Labute approximate surface area is 89.9 Å². The molecule has 1 unspecified atom stereocenters. The van der Waals surface area contributed by atoms with Crippen LogP contribution in [0.1, 0.15) is 19.8 Å². The smallest absolute Gasteiger partial charge is 0.311 e. The van der Waals surface area contributed by atoms with Crippen molar-refractivity contribution in [1.82, 2.24) is 15.1 Å². The summed E-state index contributed by atoms with van der Waals surface area (Å²) in [6, 6.07) is -0.113. The number of amidine groups is 1. The molecule has 2 N–H and O–H groups in total. The van der Waals surface area contributed by atoms with Crippen molar-refractivity contribution in [3.05, 3.63) is 0 Å². The summed E-state index contributed by atoms with van der Waals surface area (Å²) in [4.78, 5) is 15.6. The highest BCUT2D eigenvalue weighted by Gasteiger charge is 2.50. The third-order valence-electron chi connectivity index (χ3n) is 3.44. The van der Waals surface area contributed by atoms with Crippen molar-refractivity contribution >= 4 is 11.9 Å². The van der Waals surface area contributed by atoms with Crippen LogP contribution in [0.3, 0.4) is 0 Å². The molecule has 0 saturated carbocycles. The Kier molecular flexibility index (Phi) is 2.42. The molecule has 2 aliphatic rings. The number of hydrogen-bond acceptors (Lipinski definition) is 3. The number of nitrogens with zero attached hydrogens (tertiary/aromatic N) is 2. The van der Waals surface area contributed by atoms with Crippen LogP contribution in [-0.2, 0) is 0 Å². The van der Waals surface area contributed by atoms with E-state index in [1.54, 1.807) is 4.90 Å². The van der Waals surface area contributed by atoms with Crippen LogP contribution in [0.25, 0.3) is 0 Å². The molecular formula is C10H18N4O. The number of hydrogen-bond donors (Lipinski definition) is 2. The Bertz CT molecular complexity index is 304. The fourth-order valence-corrected chi connectivity index (χ4v) is 2.74. The molecule has 2 saturated heterocycles. The van der Waals surface area contributed by atoms with Crippen molar-refractivity contribution in [2.45, 2.75) is 25.3 Å². The van der Waals surface area contributed by atoms with Crippen LogP contribution in [0.4, 0.5) is 4.79 Å². The molecule has 0 aliphatic carbocycles. The quantitative estimate of drug-likeness (QED) is 0.661. The molecule has 2 fully saturated rings. The van der Waals surface area contributed by atoms with E-state index in [0.717, 1.165) is 25.9 Å². The summed E-state index contributed by atoms with van der Waals surface area (Å²) in [5, 5.41) is 10.6. The molecular weight excluding hydrogens is 192 g/mol. The summed E-state index contributed by atoms with van der Waals surface area (Å²) >= 11 is 0.